The number of aryl methyl sites for hydroxylation is 2. The van der Waals surface area contributed by atoms with Crippen LogP contribution in [0.3, 0.4) is 0 Å². The molecule has 0 spiro atoms. The zero-order chi connectivity index (χ0) is 12.4. The first-order valence-corrected chi connectivity index (χ1v) is 5.96. The number of pyridine rings is 1. The Morgan fingerprint density at radius 2 is 1.78 bits per heavy atom. The second-order valence-corrected chi connectivity index (χ2v) is 4.26. The molecule has 0 radical (unpaired) electrons. The zero-order valence-electron chi connectivity index (χ0n) is 9.95. The number of anilines is 1. The monoisotopic (exact) mass is 238 g/mol. The van der Waals surface area contributed by atoms with E-state index < -0.39 is 0 Å². The van der Waals surface area contributed by atoms with Gasteiger partial charge in [-0.1, -0.05) is 30.3 Å². The van der Waals surface area contributed by atoms with Crippen molar-refractivity contribution in [1.29, 1.82) is 0 Å². The molecule has 2 aromatic heterocycles. The Balaban J connectivity index is 1.85. The van der Waals surface area contributed by atoms with Gasteiger partial charge < -0.3 is 5.73 Å². The van der Waals surface area contributed by atoms with Gasteiger partial charge in [-0.05, 0) is 24.1 Å². The van der Waals surface area contributed by atoms with E-state index in [1.807, 2.05) is 28.8 Å². The summed E-state index contributed by atoms with van der Waals surface area (Å²) in [6, 6.07) is 14.1. The van der Waals surface area contributed by atoms with Gasteiger partial charge in [0, 0.05) is 12.6 Å². The number of rotatable bonds is 3. The minimum absolute atomic E-state index is 0.663. The average Bonchev–Trinajstić information content (AvgIpc) is 2.82. The van der Waals surface area contributed by atoms with Crippen LogP contribution in [0.15, 0.2) is 48.7 Å². The summed E-state index contributed by atoms with van der Waals surface area (Å²) in [5.74, 6) is 0.946. The summed E-state index contributed by atoms with van der Waals surface area (Å²) < 4.78 is 1.96. The van der Waals surface area contributed by atoms with Gasteiger partial charge in [-0.15, -0.1) is 10.2 Å². The number of hydrogen-bond acceptors (Lipinski definition) is 3. The largest absolute Gasteiger partial charge is 0.396 e. The molecule has 0 aliphatic rings. The van der Waals surface area contributed by atoms with Crippen LogP contribution in [0.25, 0.3) is 5.65 Å². The summed E-state index contributed by atoms with van der Waals surface area (Å²) in [6.07, 6.45) is 3.76. The van der Waals surface area contributed by atoms with E-state index in [4.69, 9.17) is 5.73 Å². The van der Waals surface area contributed by atoms with E-state index in [9.17, 15) is 0 Å². The lowest BCUT2D eigenvalue weighted by Crippen LogP contribution is -1.99. The van der Waals surface area contributed by atoms with Crippen molar-refractivity contribution >= 4 is 11.3 Å². The van der Waals surface area contributed by atoms with Crippen LogP contribution in [0, 0.1) is 0 Å². The minimum Gasteiger partial charge on any atom is -0.396 e. The molecular formula is C14H14N4. The molecule has 4 heteroatoms. The number of fused-ring (bicyclic) bond motifs is 1. The number of nitrogens with two attached hydrogens (primary N) is 1. The molecule has 0 bridgehead atoms. The summed E-state index contributed by atoms with van der Waals surface area (Å²) in [5.41, 5.74) is 8.56. The van der Waals surface area contributed by atoms with Gasteiger partial charge in [0.25, 0.3) is 0 Å². The van der Waals surface area contributed by atoms with Crippen molar-refractivity contribution in [2.45, 2.75) is 12.8 Å². The number of aromatic nitrogens is 3. The van der Waals surface area contributed by atoms with Crippen LogP contribution in [0.5, 0.6) is 0 Å². The summed E-state index contributed by atoms with van der Waals surface area (Å²) in [7, 11) is 0. The van der Waals surface area contributed by atoms with Gasteiger partial charge in [-0.3, -0.25) is 4.40 Å². The molecule has 90 valence electrons. The molecule has 3 aromatic rings. The van der Waals surface area contributed by atoms with Crippen LogP contribution in [0.2, 0.25) is 0 Å². The molecule has 1 aromatic carbocycles. The SMILES string of the molecule is Nc1cccn2c(CCc3ccccc3)nnc12. The maximum Gasteiger partial charge on any atom is 0.183 e. The summed E-state index contributed by atoms with van der Waals surface area (Å²) in [6.45, 7) is 0. The lowest BCUT2D eigenvalue weighted by Gasteiger charge is -2.01. The van der Waals surface area contributed by atoms with Crippen LogP contribution in [0.1, 0.15) is 11.4 Å². The highest BCUT2D eigenvalue weighted by molar-refractivity contribution is 5.63. The Morgan fingerprint density at radius 1 is 0.944 bits per heavy atom. The molecule has 0 aliphatic carbocycles. The molecule has 0 atom stereocenters. The maximum absolute atomic E-state index is 5.85. The molecule has 18 heavy (non-hydrogen) atoms. The van der Waals surface area contributed by atoms with Gasteiger partial charge in [0.05, 0.1) is 5.69 Å². The molecule has 0 unspecified atom stereocenters. The third kappa shape index (κ3) is 1.93. The van der Waals surface area contributed by atoms with Crippen molar-refractivity contribution in [3.63, 3.8) is 0 Å². The van der Waals surface area contributed by atoms with Crippen molar-refractivity contribution in [1.82, 2.24) is 14.6 Å². The molecular weight excluding hydrogens is 224 g/mol. The van der Waals surface area contributed by atoms with Crippen LogP contribution < -0.4 is 5.73 Å². The molecule has 0 amide bonds. The topological polar surface area (TPSA) is 56.2 Å². The third-order valence-electron chi connectivity index (χ3n) is 3.02. The summed E-state index contributed by atoms with van der Waals surface area (Å²) in [5, 5.41) is 8.32. The van der Waals surface area contributed by atoms with E-state index in [2.05, 4.69) is 34.5 Å². The summed E-state index contributed by atoms with van der Waals surface area (Å²) in [4.78, 5) is 0. The van der Waals surface area contributed by atoms with Gasteiger partial charge in [0.15, 0.2) is 5.65 Å². The molecule has 0 saturated heterocycles. The number of nitrogen functional groups attached to an aromatic ring is 1. The lowest BCUT2D eigenvalue weighted by molar-refractivity contribution is 0.839. The van der Waals surface area contributed by atoms with Gasteiger partial charge in [0.1, 0.15) is 5.82 Å². The Morgan fingerprint density at radius 3 is 2.61 bits per heavy atom. The first kappa shape index (κ1) is 10.8. The fourth-order valence-corrected chi connectivity index (χ4v) is 2.06. The van der Waals surface area contributed by atoms with Gasteiger partial charge in [-0.2, -0.15) is 0 Å². The fraction of sp³-hybridized carbons (Fsp3) is 0.143. The molecule has 2 heterocycles. The Hall–Kier alpha value is -2.36. The van der Waals surface area contributed by atoms with Crippen molar-refractivity contribution < 1.29 is 0 Å². The average molecular weight is 238 g/mol. The molecule has 0 aliphatic heterocycles. The van der Waals surface area contributed by atoms with Crippen LogP contribution >= 0.6 is 0 Å². The van der Waals surface area contributed by atoms with E-state index in [-0.39, 0.29) is 0 Å². The number of hydrogen-bond donors (Lipinski definition) is 1. The minimum atomic E-state index is 0.663. The molecule has 0 fully saturated rings. The van der Waals surface area contributed by atoms with Crippen molar-refractivity contribution in [3.8, 4) is 0 Å². The predicted octanol–water partition coefficient (Wildman–Crippen LogP) is 2.10. The highest BCUT2D eigenvalue weighted by Crippen LogP contribution is 2.13. The number of nitrogens with zero attached hydrogens (tertiary/aromatic N) is 3. The Bertz CT molecular complexity index is 658. The van der Waals surface area contributed by atoms with E-state index in [1.165, 1.54) is 5.56 Å². The van der Waals surface area contributed by atoms with Crippen LogP contribution in [0.4, 0.5) is 5.69 Å². The quantitative estimate of drug-likeness (QED) is 0.760. The Kier molecular flexibility index (Phi) is 2.68. The first-order chi connectivity index (χ1) is 8.84. The molecule has 4 nitrogen and oxygen atoms in total. The van der Waals surface area contributed by atoms with E-state index in [1.54, 1.807) is 0 Å². The van der Waals surface area contributed by atoms with E-state index in [0.717, 1.165) is 24.3 Å². The first-order valence-electron chi connectivity index (χ1n) is 5.96. The van der Waals surface area contributed by atoms with Crippen LogP contribution in [-0.4, -0.2) is 14.6 Å². The predicted molar refractivity (Wildman–Crippen MR) is 71.2 cm³/mol. The number of benzene rings is 1. The normalized spacial score (nSPS) is 10.9. The van der Waals surface area contributed by atoms with Crippen molar-refractivity contribution in [3.05, 3.63) is 60.0 Å². The van der Waals surface area contributed by atoms with Gasteiger partial charge in [-0.25, -0.2) is 0 Å². The van der Waals surface area contributed by atoms with Crippen molar-refractivity contribution in [2.24, 2.45) is 0 Å². The maximum atomic E-state index is 5.85. The zero-order valence-corrected chi connectivity index (χ0v) is 9.95. The molecule has 2 N–H and O–H groups in total. The Labute approximate surface area is 105 Å². The van der Waals surface area contributed by atoms with E-state index in [0.29, 0.717) is 5.69 Å². The highest BCUT2D eigenvalue weighted by Gasteiger charge is 2.07. The van der Waals surface area contributed by atoms with Gasteiger partial charge in [0.2, 0.25) is 0 Å². The van der Waals surface area contributed by atoms with E-state index >= 15 is 0 Å². The standard InChI is InChI=1S/C14H14N4/c15-12-7-4-10-18-13(16-17-14(12)18)9-8-11-5-2-1-3-6-11/h1-7,10H,8-9,15H2. The fourth-order valence-electron chi connectivity index (χ4n) is 2.06. The second kappa shape index (κ2) is 4.49. The highest BCUT2D eigenvalue weighted by atomic mass is 15.2. The van der Waals surface area contributed by atoms with Crippen LogP contribution in [-0.2, 0) is 12.8 Å². The second-order valence-electron chi connectivity index (χ2n) is 4.26. The summed E-state index contributed by atoms with van der Waals surface area (Å²) >= 11 is 0. The van der Waals surface area contributed by atoms with Crippen molar-refractivity contribution in [2.75, 3.05) is 5.73 Å². The lowest BCUT2D eigenvalue weighted by atomic mass is 10.1. The molecule has 3 rings (SSSR count). The van der Waals surface area contributed by atoms with Gasteiger partial charge >= 0.3 is 0 Å². The smallest absolute Gasteiger partial charge is 0.183 e. The third-order valence-corrected chi connectivity index (χ3v) is 3.02. The molecule has 0 saturated carbocycles.